The van der Waals surface area contributed by atoms with Crippen LogP contribution in [-0.4, -0.2) is 47.5 Å². The summed E-state index contributed by atoms with van der Waals surface area (Å²) in [6.45, 7) is 1.21. The Morgan fingerprint density at radius 1 is 1.41 bits per heavy atom. The van der Waals surface area contributed by atoms with E-state index in [-0.39, 0.29) is 12.1 Å². The van der Waals surface area contributed by atoms with E-state index in [1.807, 2.05) is 12.1 Å². The van der Waals surface area contributed by atoms with E-state index in [0.717, 1.165) is 5.56 Å². The quantitative estimate of drug-likeness (QED) is 0.785. The number of nitrogens with zero attached hydrogens (tertiary/aromatic N) is 1. The Morgan fingerprint density at radius 3 is 2.82 bits per heavy atom. The number of anilines is 1. The molecule has 8 heteroatoms. The lowest BCUT2D eigenvalue weighted by Crippen LogP contribution is -2.44. The van der Waals surface area contributed by atoms with Crippen molar-refractivity contribution in [3.63, 3.8) is 0 Å². The predicted molar refractivity (Wildman–Crippen MR) is 84.4 cm³/mol. The topological polar surface area (TPSA) is 87.7 Å². The van der Waals surface area contributed by atoms with Gasteiger partial charge >= 0.3 is 6.03 Å². The highest BCUT2D eigenvalue weighted by molar-refractivity contribution is 7.92. The zero-order valence-corrected chi connectivity index (χ0v) is 13.5. The smallest absolute Gasteiger partial charge is 0.315 e. The van der Waals surface area contributed by atoms with Gasteiger partial charge in [0.25, 0.3) is 0 Å². The molecule has 1 aromatic carbocycles. The van der Waals surface area contributed by atoms with Gasteiger partial charge in [-0.25, -0.2) is 13.2 Å². The standard InChI is InChI=1S/C14H21N3O4S/c1-21-10-8-15-14(18)16-12-7-9-17(22(2,19)20)13-6-4-3-5-11(12)13/h3-6,12H,7-10H2,1-2H3,(H2,15,16,18). The van der Waals surface area contributed by atoms with Crippen molar-refractivity contribution in [1.82, 2.24) is 10.6 Å². The van der Waals surface area contributed by atoms with Crippen LogP contribution in [0.15, 0.2) is 24.3 Å². The van der Waals surface area contributed by atoms with Gasteiger partial charge in [0.2, 0.25) is 10.0 Å². The summed E-state index contributed by atoms with van der Waals surface area (Å²) in [5.41, 5.74) is 1.43. The third-order valence-corrected chi connectivity index (χ3v) is 4.68. The molecule has 1 heterocycles. The van der Waals surface area contributed by atoms with Crippen LogP contribution >= 0.6 is 0 Å². The van der Waals surface area contributed by atoms with E-state index in [0.29, 0.717) is 31.8 Å². The first kappa shape index (κ1) is 16.6. The van der Waals surface area contributed by atoms with Gasteiger partial charge in [-0.1, -0.05) is 18.2 Å². The van der Waals surface area contributed by atoms with Gasteiger partial charge in [-0.15, -0.1) is 0 Å². The minimum absolute atomic E-state index is 0.211. The Bertz CT molecular complexity index is 633. The first-order valence-corrected chi connectivity index (χ1v) is 8.88. The number of methoxy groups -OCH3 is 1. The lowest BCUT2D eigenvalue weighted by Gasteiger charge is -2.34. The van der Waals surface area contributed by atoms with Crippen LogP contribution in [0, 0.1) is 0 Å². The SMILES string of the molecule is COCCNC(=O)NC1CCN(S(C)(=O)=O)c2ccccc21. The summed E-state index contributed by atoms with van der Waals surface area (Å²) < 4.78 is 30.0. The van der Waals surface area contributed by atoms with E-state index in [1.54, 1.807) is 19.2 Å². The average molecular weight is 327 g/mol. The summed E-state index contributed by atoms with van der Waals surface area (Å²) >= 11 is 0. The van der Waals surface area contributed by atoms with E-state index in [2.05, 4.69) is 10.6 Å². The third kappa shape index (κ3) is 3.89. The van der Waals surface area contributed by atoms with Gasteiger partial charge in [0.15, 0.2) is 0 Å². The monoisotopic (exact) mass is 327 g/mol. The molecule has 22 heavy (non-hydrogen) atoms. The normalized spacial score (nSPS) is 17.7. The highest BCUT2D eigenvalue weighted by Crippen LogP contribution is 2.34. The third-order valence-electron chi connectivity index (χ3n) is 3.50. The summed E-state index contributed by atoms with van der Waals surface area (Å²) in [7, 11) is -1.75. The average Bonchev–Trinajstić information content (AvgIpc) is 2.46. The highest BCUT2D eigenvalue weighted by Gasteiger charge is 2.30. The van der Waals surface area contributed by atoms with E-state index >= 15 is 0 Å². The molecule has 1 unspecified atom stereocenters. The Labute approximate surface area is 130 Å². The predicted octanol–water partition coefficient (Wildman–Crippen LogP) is 0.843. The fourth-order valence-electron chi connectivity index (χ4n) is 2.50. The maximum atomic E-state index is 11.9. The number of sulfonamides is 1. The van der Waals surface area contributed by atoms with Crippen molar-refractivity contribution < 1.29 is 17.9 Å². The second kappa shape index (κ2) is 6.97. The Hall–Kier alpha value is -1.80. The van der Waals surface area contributed by atoms with Gasteiger partial charge in [-0.3, -0.25) is 4.31 Å². The molecule has 0 aromatic heterocycles. The second-order valence-electron chi connectivity index (χ2n) is 5.13. The van der Waals surface area contributed by atoms with Gasteiger partial charge < -0.3 is 15.4 Å². The molecular weight excluding hydrogens is 306 g/mol. The van der Waals surface area contributed by atoms with Gasteiger partial charge in [-0.2, -0.15) is 0 Å². The molecule has 0 radical (unpaired) electrons. The van der Waals surface area contributed by atoms with Crippen LogP contribution in [0.2, 0.25) is 0 Å². The number of amides is 2. The van der Waals surface area contributed by atoms with Crippen molar-refractivity contribution in [3.8, 4) is 0 Å². The van der Waals surface area contributed by atoms with Crippen molar-refractivity contribution >= 4 is 21.7 Å². The van der Waals surface area contributed by atoms with Crippen LogP contribution in [0.25, 0.3) is 0 Å². The molecule has 0 saturated carbocycles. The summed E-state index contributed by atoms with van der Waals surface area (Å²) in [5.74, 6) is 0. The summed E-state index contributed by atoms with van der Waals surface area (Å²) in [6.07, 6.45) is 1.72. The first-order chi connectivity index (χ1) is 10.4. The lowest BCUT2D eigenvalue weighted by atomic mass is 9.98. The molecule has 7 nitrogen and oxygen atoms in total. The van der Waals surface area contributed by atoms with E-state index in [9.17, 15) is 13.2 Å². The molecule has 1 atom stereocenters. The van der Waals surface area contributed by atoms with Crippen molar-refractivity contribution in [3.05, 3.63) is 29.8 Å². The molecule has 0 aliphatic carbocycles. The number of fused-ring (bicyclic) bond motifs is 1. The van der Waals surface area contributed by atoms with Crippen molar-refractivity contribution in [2.24, 2.45) is 0 Å². The summed E-state index contributed by atoms with van der Waals surface area (Å²) in [4.78, 5) is 11.9. The van der Waals surface area contributed by atoms with Crippen LogP contribution in [0.3, 0.4) is 0 Å². The number of benzene rings is 1. The molecule has 0 bridgehead atoms. The number of ether oxygens (including phenoxy) is 1. The summed E-state index contributed by atoms with van der Waals surface area (Å²) in [6, 6.07) is 6.72. The number of para-hydroxylation sites is 1. The van der Waals surface area contributed by atoms with Gasteiger partial charge in [0, 0.05) is 20.2 Å². The van der Waals surface area contributed by atoms with Crippen LogP contribution in [-0.2, 0) is 14.8 Å². The lowest BCUT2D eigenvalue weighted by molar-refractivity contribution is 0.195. The molecule has 122 valence electrons. The Balaban J connectivity index is 2.13. The fourth-order valence-corrected chi connectivity index (χ4v) is 3.46. The molecule has 1 aliphatic rings. The first-order valence-electron chi connectivity index (χ1n) is 7.03. The van der Waals surface area contributed by atoms with Gasteiger partial charge in [0.1, 0.15) is 0 Å². The molecule has 2 rings (SSSR count). The zero-order chi connectivity index (χ0) is 16.2. The molecule has 1 aromatic rings. The molecule has 1 aliphatic heterocycles. The number of carbonyl (C=O) groups is 1. The minimum Gasteiger partial charge on any atom is -0.383 e. The maximum Gasteiger partial charge on any atom is 0.315 e. The van der Waals surface area contributed by atoms with Gasteiger partial charge in [-0.05, 0) is 18.1 Å². The van der Waals surface area contributed by atoms with Crippen LogP contribution in [0.1, 0.15) is 18.0 Å². The van der Waals surface area contributed by atoms with E-state index in [4.69, 9.17) is 4.74 Å². The second-order valence-corrected chi connectivity index (χ2v) is 7.04. The molecular formula is C14H21N3O4S. The zero-order valence-electron chi connectivity index (χ0n) is 12.7. The summed E-state index contributed by atoms with van der Waals surface area (Å²) in [5, 5.41) is 5.58. The number of hydrogen-bond donors (Lipinski definition) is 2. The van der Waals surface area contributed by atoms with Crippen LogP contribution in [0.5, 0.6) is 0 Å². The van der Waals surface area contributed by atoms with Crippen LogP contribution in [0.4, 0.5) is 10.5 Å². The van der Waals surface area contributed by atoms with E-state index < -0.39 is 10.0 Å². The number of carbonyl (C=O) groups excluding carboxylic acids is 1. The number of urea groups is 1. The van der Waals surface area contributed by atoms with E-state index in [1.165, 1.54) is 10.6 Å². The van der Waals surface area contributed by atoms with Crippen molar-refractivity contribution in [2.45, 2.75) is 12.5 Å². The highest BCUT2D eigenvalue weighted by atomic mass is 32.2. The molecule has 0 spiro atoms. The minimum atomic E-state index is -3.32. The van der Waals surface area contributed by atoms with Gasteiger partial charge in [0.05, 0.1) is 24.6 Å². The molecule has 0 saturated heterocycles. The number of nitrogens with one attached hydrogen (secondary N) is 2. The Kier molecular flexibility index (Phi) is 5.25. The maximum absolute atomic E-state index is 11.9. The van der Waals surface area contributed by atoms with Crippen molar-refractivity contribution in [1.29, 1.82) is 0 Å². The molecule has 2 N–H and O–H groups in total. The van der Waals surface area contributed by atoms with Crippen molar-refractivity contribution in [2.75, 3.05) is 37.4 Å². The molecule has 2 amide bonds. The fraction of sp³-hybridized carbons (Fsp3) is 0.500. The number of rotatable bonds is 5. The van der Waals surface area contributed by atoms with Crippen LogP contribution < -0.4 is 14.9 Å². The molecule has 0 fully saturated rings. The Morgan fingerprint density at radius 2 is 2.14 bits per heavy atom. The number of hydrogen-bond acceptors (Lipinski definition) is 4. The largest absolute Gasteiger partial charge is 0.383 e.